The zero-order chi connectivity index (χ0) is 18.2. The Labute approximate surface area is 155 Å². The molecule has 0 aliphatic carbocycles. The molecule has 1 aliphatic heterocycles. The van der Waals surface area contributed by atoms with Crippen LogP contribution in [0, 0.1) is 6.92 Å². The van der Waals surface area contributed by atoms with Gasteiger partial charge in [-0.3, -0.25) is 4.79 Å². The monoisotopic (exact) mass is 356 g/mol. The van der Waals surface area contributed by atoms with Crippen LogP contribution in [0.15, 0.2) is 28.8 Å². The molecule has 0 saturated carbocycles. The van der Waals surface area contributed by atoms with Crippen molar-refractivity contribution >= 4 is 5.91 Å². The molecule has 0 atom stereocenters. The Bertz CT molecular complexity index is 688. The second kappa shape index (κ2) is 9.48. The highest BCUT2D eigenvalue weighted by Gasteiger charge is 2.10. The van der Waals surface area contributed by atoms with Crippen LogP contribution in [0.2, 0.25) is 0 Å². The lowest BCUT2D eigenvalue weighted by molar-refractivity contribution is -0.121. The van der Waals surface area contributed by atoms with Gasteiger partial charge in [-0.1, -0.05) is 48.7 Å². The normalized spacial score (nSPS) is 16.0. The molecular formula is C20H28N4O2. The van der Waals surface area contributed by atoms with E-state index in [1.165, 1.54) is 32.1 Å². The van der Waals surface area contributed by atoms with Crippen molar-refractivity contribution in [3.05, 3.63) is 35.7 Å². The second-order valence-corrected chi connectivity index (χ2v) is 6.97. The first-order valence-electron chi connectivity index (χ1n) is 9.59. The molecule has 0 unspecified atom stereocenters. The number of hydrogen-bond donors (Lipinski definition) is 1. The van der Waals surface area contributed by atoms with E-state index < -0.39 is 0 Å². The summed E-state index contributed by atoms with van der Waals surface area (Å²) in [6.07, 6.45) is 7.09. The Hall–Kier alpha value is -2.21. The molecular weight excluding hydrogens is 328 g/mol. The van der Waals surface area contributed by atoms with Crippen molar-refractivity contribution in [2.45, 2.75) is 52.0 Å². The number of carbonyl (C=O) groups is 1. The van der Waals surface area contributed by atoms with Crippen molar-refractivity contribution in [3.63, 3.8) is 0 Å². The van der Waals surface area contributed by atoms with Crippen molar-refractivity contribution in [3.8, 4) is 11.4 Å². The summed E-state index contributed by atoms with van der Waals surface area (Å²) >= 11 is 0. The third-order valence-corrected chi connectivity index (χ3v) is 4.83. The molecule has 6 heteroatoms. The van der Waals surface area contributed by atoms with E-state index in [0.29, 0.717) is 24.7 Å². The van der Waals surface area contributed by atoms with Crippen molar-refractivity contribution in [2.75, 3.05) is 19.6 Å². The summed E-state index contributed by atoms with van der Waals surface area (Å²) < 4.78 is 5.00. The predicted molar refractivity (Wildman–Crippen MR) is 100 cm³/mol. The van der Waals surface area contributed by atoms with E-state index in [4.69, 9.17) is 4.52 Å². The molecule has 3 rings (SSSR count). The van der Waals surface area contributed by atoms with Crippen LogP contribution in [0.25, 0.3) is 11.4 Å². The third-order valence-electron chi connectivity index (χ3n) is 4.83. The first-order valence-corrected chi connectivity index (χ1v) is 9.59. The van der Waals surface area contributed by atoms with Crippen LogP contribution in [0.4, 0.5) is 0 Å². The van der Waals surface area contributed by atoms with Crippen molar-refractivity contribution in [1.29, 1.82) is 0 Å². The van der Waals surface area contributed by atoms with Gasteiger partial charge in [0.2, 0.25) is 17.6 Å². The van der Waals surface area contributed by atoms with Crippen molar-refractivity contribution < 1.29 is 9.32 Å². The molecule has 1 saturated heterocycles. The van der Waals surface area contributed by atoms with Gasteiger partial charge < -0.3 is 14.7 Å². The zero-order valence-corrected chi connectivity index (χ0v) is 15.5. The summed E-state index contributed by atoms with van der Waals surface area (Å²) in [6, 6.07) is 7.87. The van der Waals surface area contributed by atoms with Gasteiger partial charge in [-0.25, -0.2) is 0 Å². The maximum Gasteiger partial charge on any atom is 0.223 e. The summed E-state index contributed by atoms with van der Waals surface area (Å²) in [5.41, 5.74) is 1.97. The summed E-state index contributed by atoms with van der Waals surface area (Å²) in [5, 5.41) is 6.93. The number of aromatic nitrogens is 2. The van der Waals surface area contributed by atoms with Gasteiger partial charge in [0.15, 0.2) is 0 Å². The number of nitrogens with zero attached hydrogens (tertiary/aromatic N) is 3. The predicted octanol–water partition coefficient (Wildman–Crippen LogP) is 3.32. The summed E-state index contributed by atoms with van der Waals surface area (Å²) in [4.78, 5) is 18.8. The molecule has 1 amide bonds. The Balaban J connectivity index is 1.41. The minimum absolute atomic E-state index is 0.116. The summed E-state index contributed by atoms with van der Waals surface area (Å²) in [7, 11) is 0. The van der Waals surface area contributed by atoms with E-state index in [0.717, 1.165) is 30.8 Å². The number of likely N-dealkylation sites (tertiary alicyclic amines) is 1. The Morgan fingerprint density at radius 3 is 2.46 bits per heavy atom. The van der Waals surface area contributed by atoms with E-state index in [9.17, 15) is 4.79 Å². The molecule has 2 aromatic rings. The van der Waals surface area contributed by atoms with Crippen LogP contribution in [0.3, 0.4) is 0 Å². The Morgan fingerprint density at radius 1 is 1.12 bits per heavy atom. The molecule has 0 radical (unpaired) electrons. The third kappa shape index (κ3) is 5.66. The van der Waals surface area contributed by atoms with Gasteiger partial charge in [0, 0.05) is 32.0 Å². The number of carbonyl (C=O) groups excluding carboxylic acids is 1. The maximum atomic E-state index is 12.1. The first-order chi connectivity index (χ1) is 12.7. The van der Waals surface area contributed by atoms with E-state index in [-0.39, 0.29) is 5.91 Å². The number of hydrogen-bond acceptors (Lipinski definition) is 5. The molecule has 6 nitrogen and oxygen atoms in total. The molecule has 1 aromatic carbocycles. The lowest BCUT2D eigenvalue weighted by atomic mass is 10.1. The highest BCUT2D eigenvalue weighted by molar-refractivity contribution is 5.76. The highest BCUT2D eigenvalue weighted by atomic mass is 16.5. The average Bonchev–Trinajstić information content (AvgIpc) is 3.06. The molecule has 140 valence electrons. The quantitative estimate of drug-likeness (QED) is 0.860. The maximum absolute atomic E-state index is 12.1. The average molecular weight is 356 g/mol. The van der Waals surface area contributed by atoms with Gasteiger partial charge >= 0.3 is 0 Å². The van der Waals surface area contributed by atoms with Crippen LogP contribution in [-0.4, -0.2) is 40.6 Å². The fourth-order valence-corrected chi connectivity index (χ4v) is 3.27. The zero-order valence-electron chi connectivity index (χ0n) is 15.5. The van der Waals surface area contributed by atoms with Crippen LogP contribution in [-0.2, 0) is 11.3 Å². The molecule has 0 bridgehead atoms. The topological polar surface area (TPSA) is 71.3 Å². The Kier molecular flexibility index (Phi) is 6.77. The van der Waals surface area contributed by atoms with Crippen LogP contribution < -0.4 is 5.32 Å². The number of benzene rings is 1. The molecule has 26 heavy (non-hydrogen) atoms. The molecule has 0 spiro atoms. The largest absolute Gasteiger partial charge is 0.352 e. The lowest BCUT2D eigenvalue weighted by Gasteiger charge is -2.24. The highest BCUT2D eigenvalue weighted by Crippen LogP contribution is 2.16. The van der Waals surface area contributed by atoms with Gasteiger partial charge in [-0.05, 0) is 31.5 Å². The number of nitrogens with one attached hydrogen (secondary N) is 1. The molecule has 1 fully saturated rings. The lowest BCUT2D eigenvalue weighted by Crippen LogP contribution is -2.32. The fourth-order valence-electron chi connectivity index (χ4n) is 3.27. The van der Waals surface area contributed by atoms with E-state index in [2.05, 4.69) is 20.4 Å². The van der Waals surface area contributed by atoms with Gasteiger partial charge in [0.25, 0.3) is 0 Å². The van der Waals surface area contributed by atoms with Gasteiger partial charge in [0.05, 0.1) is 0 Å². The molecule has 1 N–H and O–H groups in total. The SMILES string of the molecule is Cc1nc(-c2ccc(CNC(=O)CCN3CCCCCCC3)cc2)no1. The fraction of sp³-hybridized carbons (Fsp3) is 0.550. The Morgan fingerprint density at radius 2 is 1.81 bits per heavy atom. The van der Waals surface area contributed by atoms with Crippen LogP contribution >= 0.6 is 0 Å². The van der Waals surface area contributed by atoms with E-state index in [1.54, 1.807) is 6.92 Å². The van der Waals surface area contributed by atoms with Crippen molar-refractivity contribution in [1.82, 2.24) is 20.4 Å². The van der Waals surface area contributed by atoms with Crippen molar-refractivity contribution in [2.24, 2.45) is 0 Å². The van der Waals surface area contributed by atoms with Gasteiger partial charge in [-0.15, -0.1) is 0 Å². The van der Waals surface area contributed by atoms with E-state index in [1.807, 2.05) is 24.3 Å². The first kappa shape index (κ1) is 18.6. The van der Waals surface area contributed by atoms with E-state index >= 15 is 0 Å². The van der Waals surface area contributed by atoms with Gasteiger partial charge in [-0.2, -0.15) is 4.98 Å². The molecule has 1 aromatic heterocycles. The van der Waals surface area contributed by atoms with Gasteiger partial charge in [0.1, 0.15) is 0 Å². The molecule has 2 heterocycles. The minimum Gasteiger partial charge on any atom is -0.352 e. The molecule has 1 aliphatic rings. The van der Waals surface area contributed by atoms with Crippen LogP contribution in [0.1, 0.15) is 50.0 Å². The summed E-state index contributed by atoms with van der Waals surface area (Å²) in [5.74, 6) is 1.26. The smallest absolute Gasteiger partial charge is 0.223 e. The number of rotatable bonds is 6. The standard InChI is InChI=1S/C20H28N4O2/c1-16-22-20(23-26-16)18-9-7-17(8-10-18)15-21-19(25)11-14-24-12-5-3-2-4-6-13-24/h7-10H,2-6,11-15H2,1H3,(H,21,25). The second-order valence-electron chi connectivity index (χ2n) is 6.97. The minimum atomic E-state index is 0.116. The number of aryl methyl sites for hydroxylation is 1. The number of amides is 1. The van der Waals surface area contributed by atoms with Crippen LogP contribution in [0.5, 0.6) is 0 Å². The summed E-state index contributed by atoms with van der Waals surface area (Å²) in [6.45, 7) is 5.44.